The zero-order valence-corrected chi connectivity index (χ0v) is 13.2. The fraction of sp³-hybridized carbons (Fsp3) is 0.308. The SMILES string of the molecule is Br.CCOC(=O)c1cccn2c(C(=O)OCC)c(O)nc12. The molecule has 0 saturated carbocycles. The highest BCUT2D eigenvalue weighted by atomic mass is 79.9. The van der Waals surface area contributed by atoms with Crippen molar-refractivity contribution in [2.24, 2.45) is 0 Å². The van der Waals surface area contributed by atoms with Gasteiger partial charge in [-0.05, 0) is 26.0 Å². The van der Waals surface area contributed by atoms with Crippen molar-refractivity contribution in [1.29, 1.82) is 0 Å². The predicted octanol–water partition coefficient (Wildman–Crippen LogP) is 1.97. The summed E-state index contributed by atoms with van der Waals surface area (Å²) in [6.45, 7) is 3.73. The molecule has 0 aliphatic rings. The third-order valence-electron chi connectivity index (χ3n) is 2.60. The third kappa shape index (κ3) is 3.15. The van der Waals surface area contributed by atoms with E-state index in [1.54, 1.807) is 19.9 Å². The standard InChI is InChI=1S/C13H14N2O5.BrH/c1-3-19-12(17)8-6-5-7-15-9(13(18)20-4-2)11(16)14-10(8)15;/h5-7,16H,3-4H2,1-2H3;1H. The lowest BCUT2D eigenvalue weighted by Crippen LogP contribution is -2.10. The minimum Gasteiger partial charge on any atom is -0.492 e. The molecule has 0 saturated heterocycles. The zero-order chi connectivity index (χ0) is 14.7. The number of pyridine rings is 1. The first-order valence-corrected chi connectivity index (χ1v) is 6.14. The van der Waals surface area contributed by atoms with Crippen LogP contribution in [-0.4, -0.2) is 39.6 Å². The van der Waals surface area contributed by atoms with Gasteiger partial charge in [0, 0.05) is 6.20 Å². The molecule has 2 rings (SSSR count). The Morgan fingerprint density at radius 3 is 2.48 bits per heavy atom. The second-order valence-corrected chi connectivity index (χ2v) is 3.84. The average molecular weight is 359 g/mol. The van der Waals surface area contributed by atoms with Gasteiger partial charge in [-0.3, -0.25) is 4.40 Å². The molecule has 2 aromatic heterocycles. The molecule has 114 valence electrons. The third-order valence-corrected chi connectivity index (χ3v) is 2.60. The number of rotatable bonds is 4. The fourth-order valence-electron chi connectivity index (χ4n) is 1.81. The molecular formula is C13H15BrN2O5. The average Bonchev–Trinajstić information content (AvgIpc) is 2.74. The van der Waals surface area contributed by atoms with Crippen LogP contribution in [0.5, 0.6) is 5.88 Å². The Morgan fingerprint density at radius 2 is 1.86 bits per heavy atom. The van der Waals surface area contributed by atoms with Crippen molar-refractivity contribution >= 4 is 34.6 Å². The summed E-state index contributed by atoms with van der Waals surface area (Å²) in [6, 6.07) is 3.07. The zero-order valence-electron chi connectivity index (χ0n) is 11.5. The number of carbonyl (C=O) groups is 2. The molecule has 2 heterocycles. The summed E-state index contributed by atoms with van der Waals surface area (Å²) < 4.78 is 11.1. The Hall–Kier alpha value is -2.09. The van der Waals surface area contributed by atoms with E-state index in [4.69, 9.17) is 9.47 Å². The molecule has 1 N–H and O–H groups in total. The van der Waals surface area contributed by atoms with Crippen LogP contribution in [0.2, 0.25) is 0 Å². The normalized spacial score (nSPS) is 10.0. The molecule has 0 aliphatic heterocycles. The monoisotopic (exact) mass is 358 g/mol. The summed E-state index contributed by atoms with van der Waals surface area (Å²) in [7, 11) is 0. The number of ether oxygens (including phenoxy) is 2. The molecule has 7 nitrogen and oxygen atoms in total. The molecule has 0 amide bonds. The van der Waals surface area contributed by atoms with Gasteiger partial charge in [0.25, 0.3) is 0 Å². The maximum atomic E-state index is 11.8. The Kier molecular flexibility index (Phi) is 5.71. The van der Waals surface area contributed by atoms with E-state index in [2.05, 4.69) is 4.98 Å². The van der Waals surface area contributed by atoms with Crippen molar-refractivity contribution in [2.45, 2.75) is 13.8 Å². The lowest BCUT2D eigenvalue weighted by atomic mass is 10.2. The highest BCUT2D eigenvalue weighted by molar-refractivity contribution is 8.93. The summed E-state index contributed by atoms with van der Waals surface area (Å²) in [5.41, 5.74) is 0.194. The fourth-order valence-corrected chi connectivity index (χ4v) is 1.81. The smallest absolute Gasteiger partial charge is 0.361 e. The molecule has 0 atom stereocenters. The predicted molar refractivity (Wildman–Crippen MR) is 79.1 cm³/mol. The maximum Gasteiger partial charge on any atom is 0.361 e. The minimum atomic E-state index is -0.710. The largest absolute Gasteiger partial charge is 0.492 e. The van der Waals surface area contributed by atoms with Gasteiger partial charge >= 0.3 is 11.9 Å². The Morgan fingerprint density at radius 1 is 1.24 bits per heavy atom. The molecule has 0 bridgehead atoms. The number of hydrogen-bond donors (Lipinski definition) is 1. The molecule has 2 aromatic rings. The van der Waals surface area contributed by atoms with E-state index < -0.39 is 17.8 Å². The Labute approximate surface area is 131 Å². The van der Waals surface area contributed by atoms with Crippen molar-refractivity contribution in [3.05, 3.63) is 29.6 Å². The molecule has 0 fully saturated rings. The van der Waals surface area contributed by atoms with E-state index in [9.17, 15) is 14.7 Å². The van der Waals surface area contributed by atoms with E-state index in [-0.39, 0.29) is 47.1 Å². The van der Waals surface area contributed by atoms with Crippen LogP contribution in [0, 0.1) is 0 Å². The Balaban J connectivity index is 0.00000220. The van der Waals surface area contributed by atoms with Gasteiger partial charge in [-0.25, -0.2) is 9.59 Å². The first-order valence-electron chi connectivity index (χ1n) is 6.14. The highest BCUT2D eigenvalue weighted by Gasteiger charge is 2.23. The molecule has 0 spiro atoms. The van der Waals surface area contributed by atoms with E-state index >= 15 is 0 Å². The number of aromatic hydroxyl groups is 1. The number of fused-ring (bicyclic) bond motifs is 1. The van der Waals surface area contributed by atoms with Crippen LogP contribution < -0.4 is 0 Å². The van der Waals surface area contributed by atoms with Crippen LogP contribution in [-0.2, 0) is 9.47 Å². The van der Waals surface area contributed by atoms with Crippen molar-refractivity contribution in [3.63, 3.8) is 0 Å². The lowest BCUT2D eigenvalue weighted by Gasteiger charge is -2.04. The quantitative estimate of drug-likeness (QED) is 0.840. The summed E-state index contributed by atoms with van der Waals surface area (Å²) in [5, 5.41) is 9.78. The first kappa shape index (κ1) is 17.0. The van der Waals surface area contributed by atoms with E-state index in [1.165, 1.54) is 16.7 Å². The molecule has 0 radical (unpaired) electrons. The highest BCUT2D eigenvalue weighted by Crippen LogP contribution is 2.22. The lowest BCUT2D eigenvalue weighted by molar-refractivity contribution is 0.0506. The van der Waals surface area contributed by atoms with Crippen molar-refractivity contribution < 1.29 is 24.2 Å². The summed E-state index contributed by atoms with van der Waals surface area (Å²) in [6.07, 6.45) is 1.51. The number of hydrogen-bond acceptors (Lipinski definition) is 6. The molecule has 8 heteroatoms. The first-order chi connectivity index (χ1) is 9.60. The van der Waals surface area contributed by atoms with Crippen LogP contribution in [0.1, 0.15) is 34.7 Å². The van der Waals surface area contributed by atoms with Crippen LogP contribution in [0.15, 0.2) is 18.3 Å². The van der Waals surface area contributed by atoms with Crippen LogP contribution in [0.4, 0.5) is 0 Å². The molecule has 0 aliphatic carbocycles. The Bertz CT molecular complexity index is 668. The number of halogens is 1. The van der Waals surface area contributed by atoms with Gasteiger partial charge in [-0.2, -0.15) is 4.98 Å². The number of esters is 2. The van der Waals surface area contributed by atoms with Gasteiger partial charge in [-0.15, -0.1) is 17.0 Å². The van der Waals surface area contributed by atoms with Crippen LogP contribution >= 0.6 is 17.0 Å². The molecule has 0 aromatic carbocycles. The second-order valence-electron chi connectivity index (χ2n) is 3.84. The number of imidazole rings is 1. The maximum absolute atomic E-state index is 11.8. The minimum absolute atomic E-state index is 0. The van der Waals surface area contributed by atoms with E-state index in [0.29, 0.717) is 0 Å². The second kappa shape index (κ2) is 7.07. The number of nitrogens with zero attached hydrogens (tertiary/aromatic N) is 2. The van der Waals surface area contributed by atoms with Gasteiger partial charge < -0.3 is 14.6 Å². The van der Waals surface area contributed by atoms with Crippen molar-refractivity contribution in [3.8, 4) is 5.88 Å². The topological polar surface area (TPSA) is 90.1 Å². The molecule has 0 unspecified atom stereocenters. The van der Waals surface area contributed by atoms with E-state index in [1.807, 2.05) is 0 Å². The summed E-state index contributed by atoms with van der Waals surface area (Å²) >= 11 is 0. The van der Waals surface area contributed by atoms with Crippen LogP contribution in [0.3, 0.4) is 0 Å². The number of aromatic nitrogens is 2. The molecule has 21 heavy (non-hydrogen) atoms. The number of carbonyl (C=O) groups excluding carboxylic acids is 2. The van der Waals surface area contributed by atoms with Gasteiger partial charge in [0.1, 0.15) is 5.56 Å². The van der Waals surface area contributed by atoms with Crippen LogP contribution in [0.25, 0.3) is 5.65 Å². The van der Waals surface area contributed by atoms with Gasteiger partial charge in [0.15, 0.2) is 11.3 Å². The summed E-state index contributed by atoms with van der Waals surface area (Å²) in [5.74, 6) is -1.77. The van der Waals surface area contributed by atoms with E-state index in [0.717, 1.165) is 0 Å². The van der Waals surface area contributed by atoms with Gasteiger partial charge in [0.05, 0.1) is 13.2 Å². The van der Waals surface area contributed by atoms with Gasteiger partial charge in [-0.1, -0.05) is 0 Å². The summed E-state index contributed by atoms with van der Waals surface area (Å²) in [4.78, 5) is 27.4. The molecular weight excluding hydrogens is 344 g/mol. The van der Waals surface area contributed by atoms with Crippen molar-refractivity contribution in [2.75, 3.05) is 13.2 Å². The van der Waals surface area contributed by atoms with Crippen molar-refractivity contribution in [1.82, 2.24) is 9.38 Å². The van der Waals surface area contributed by atoms with Gasteiger partial charge in [0.2, 0.25) is 5.88 Å².